The zero-order chi connectivity index (χ0) is 25.6. The first-order valence-corrected chi connectivity index (χ1v) is 11.7. The predicted octanol–water partition coefficient (Wildman–Crippen LogP) is 4.02. The molecule has 5 aromatic rings. The summed E-state index contributed by atoms with van der Waals surface area (Å²) in [5, 5.41) is 15.5. The van der Waals surface area contributed by atoms with E-state index in [0.29, 0.717) is 12.4 Å². The summed E-state index contributed by atoms with van der Waals surface area (Å²) >= 11 is 0. The van der Waals surface area contributed by atoms with Crippen LogP contribution >= 0.6 is 0 Å². The number of aromatic nitrogens is 7. The molecule has 10 nitrogen and oxygen atoms in total. The Balaban J connectivity index is 1.37. The van der Waals surface area contributed by atoms with Gasteiger partial charge in [-0.25, -0.2) is 9.50 Å². The number of aryl methyl sites for hydroxylation is 3. The molecule has 1 aromatic carbocycles. The van der Waals surface area contributed by atoms with Crippen LogP contribution in [0.2, 0.25) is 0 Å². The molecule has 4 heterocycles. The highest BCUT2D eigenvalue weighted by atomic mass is 16.5. The molecule has 0 fully saturated rings. The fourth-order valence-corrected chi connectivity index (χ4v) is 4.10. The number of benzene rings is 1. The molecular weight excluding hydrogens is 456 g/mol. The lowest BCUT2D eigenvalue weighted by Gasteiger charge is -2.10. The van der Waals surface area contributed by atoms with Gasteiger partial charge in [0.1, 0.15) is 6.33 Å². The number of nitrogens with zero attached hydrogens (tertiary/aromatic N) is 7. The van der Waals surface area contributed by atoms with E-state index in [4.69, 9.17) is 4.52 Å². The van der Waals surface area contributed by atoms with Crippen LogP contribution in [0.5, 0.6) is 0 Å². The second-order valence-corrected chi connectivity index (χ2v) is 9.97. The van der Waals surface area contributed by atoms with Gasteiger partial charge in [-0.2, -0.15) is 15.2 Å². The van der Waals surface area contributed by atoms with E-state index in [9.17, 15) is 4.79 Å². The Bertz CT molecular complexity index is 1590. The molecule has 0 bridgehead atoms. The lowest BCUT2D eigenvalue weighted by molar-refractivity contribution is 0.0937. The Kier molecular flexibility index (Phi) is 5.66. The molecule has 10 heteroatoms. The molecule has 0 atom stereocenters. The molecular formula is C26H28N8O2. The zero-order valence-electron chi connectivity index (χ0n) is 21.2. The third kappa shape index (κ3) is 4.37. The fourth-order valence-electron chi connectivity index (χ4n) is 4.10. The van der Waals surface area contributed by atoms with Crippen LogP contribution < -0.4 is 5.32 Å². The topological polar surface area (TPSA) is 116 Å². The van der Waals surface area contributed by atoms with Crippen molar-refractivity contribution in [1.82, 2.24) is 39.8 Å². The highest BCUT2D eigenvalue weighted by Crippen LogP contribution is 2.30. The molecule has 0 aliphatic carbocycles. The van der Waals surface area contributed by atoms with Crippen LogP contribution in [0.3, 0.4) is 0 Å². The van der Waals surface area contributed by atoms with Crippen LogP contribution in [0.25, 0.3) is 27.9 Å². The zero-order valence-corrected chi connectivity index (χ0v) is 21.2. The number of amides is 1. The van der Waals surface area contributed by atoms with Gasteiger partial charge in [0.05, 0.1) is 16.9 Å². The van der Waals surface area contributed by atoms with Gasteiger partial charge < -0.3 is 9.84 Å². The van der Waals surface area contributed by atoms with Crippen LogP contribution in [0.15, 0.2) is 47.5 Å². The number of nitrogens with one attached hydrogen (secondary N) is 1. The van der Waals surface area contributed by atoms with Crippen LogP contribution in [0.4, 0.5) is 0 Å². The van der Waals surface area contributed by atoms with Crippen molar-refractivity contribution >= 4 is 11.4 Å². The van der Waals surface area contributed by atoms with E-state index in [1.165, 1.54) is 0 Å². The van der Waals surface area contributed by atoms with E-state index in [1.54, 1.807) is 6.33 Å². The van der Waals surface area contributed by atoms with Crippen molar-refractivity contribution in [3.8, 4) is 22.4 Å². The summed E-state index contributed by atoms with van der Waals surface area (Å²) in [7, 11) is 1.91. The van der Waals surface area contributed by atoms with Gasteiger partial charge >= 0.3 is 0 Å². The summed E-state index contributed by atoms with van der Waals surface area (Å²) in [6, 6.07) is 8.15. The van der Waals surface area contributed by atoms with Crippen LogP contribution in [0, 0.1) is 13.8 Å². The Labute approximate surface area is 208 Å². The normalized spacial score (nSPS) is 11.8. The molecule has 1 amide bonds. The molecule has 4 aromatic heterocycles. The summed E-state index contributed by atoms with van der Waals surface area (Å²) in [6.45, 7) is 10.2. The van der Waals surface area contributed by atoms with Gasteiger partial charge in [-0.15, -0.1) is 0 Å². The summed E-state index contributed by atoms with van der Waals surface area (Å²) in [4.78, 5) is 21.3. The van der Waals surface area contributed by atoms with Crippen molar-refractivity contribution in [3.63, 3.8) is 0 Å². The summed E-state index contributed by atoms with van der Waals surface area (Å²) in [5.41, 5.74) is 7.46. The molecule has 0 unspecified atom stereocenters. The molecule has 0 saturated heterocycles. The Morgan fingerprint density at radius 3 is 2.58 bits per heavy atom. The van der Waals surface area contributed by atoms with Gasteiger partial charge in [-0.3, -0.25) is 9.48 Å². The van der Waals surface area contributed by atoms with Crippen molar-refractivity contribution in [2.24, 2.45) is 7.05 Å². The summed E-state index contributed by atoms with van der Waals surface area (Å²) in [5.74, 6) is 0.0867. The van der Waals surface area contributed by atoms with Crippen molar-refractivity contribution in [1.29, 1.82) is 0 Å². The predicted molar refractivity (Wildman–Crippen MR) is 134 cm³/mol. The van der Waals surface area contributed by atoms with Crippen molar-refractivity contribution in [2.45, 2.75) is 46.6 Å². The van der Waals surface area contributed by atoms with Crippen LogP contribution in [-0.2, 0) is 19.0 Å². The SMILES string of the molecule is Cc1cc(-c2ncnn3cc(-c4cn(C)nc4C)cc23)ccc1CNC(=O)c1noc(C(C)(C)C)n1. The second kappa shape index (κ2) is 8.71. The van der Waals surface area contributed by atoms with Gasteiger partial charge in [-0.1, -0.05) is 38.1 Å². The third-order valence-corrected chi connectivity index (χ3v) is 6.06. The first-order chi connectivity index (χ1) is 17.1. The van der Waals surface area contributed by atoms with E-state index in [-0.39, 0.29) is 17.1 Å². The first kappa shape index (κ1) is 23.4. The smallest absolute Gasteiger partial charge is 0.292 e. The largest absolute Gasteiger partial charge is 0.345 e. The standard InChI is InChI=1S/C26H28N8O2/c1-15-9-17(7-8-18(15)11-27-24(35)23-30-25(36-32-23)26(3,4)5)22-21-10-19(12-34(21)29-14-28-22)20-13-33(6)31-16(20)2/h7-10,12-14H,11H2,1-6H3,(H,27,35). The van der Waals surface area contributed by atoms with Gasteiger partial charge in [-0.05, 0) is 37.1 Å². The van der Waals surface area contributed by atoms with E-state index in [1.807, 2.05) is 75.4 Å². The first-order valence-electron chi connectivity index (χ1n) is 11.7. The monoisotopic (exact) mass is 484 g/mol. The van der Waals surface area contributed by atoms with Crippen LogP contribution in [0.1, 0.15) is 54.1 Å². The number of fused-ring (bicyclic) bond motifs is 1. The number of hydrogen-bond donors (Lipinski definition) is 1. The Hall–Kier alpha value is -4.34. The maximum atomic E-state index is 12.5. The molecule has 36 heavy (non-hydrogen) atoms. The fraction of sp³-hybridized carbons (Fsp3) is 0.308. The molecule has 0 saturated carbocycles. The summed E-state index contributed by atoms with van der Waals surface area (Å²) in [6.07, 6.45) is 5.55. The lowest BCUT2D eigenvalue weighted by Crippen LogP contribution is -2.24. The molecule has 1 N–H and O–H groups in total. The van der Waals surface area contributed by atoms with E-state index in [0.717, 1.165) is 44.7 Å². The van der Waals surface area contributed by atoms with Gasteiger partial charge in [0, 0.05) is 48.1 Å². The minimum absolute atomic E-state index is 0.0328. The Morgan fingerprint density at radius 2 is 1.92 bits per heavy atom. The number of hydrogen-bond acceptors (Lipinski definition) is 7. The number of rotatable bonds is 5. The molecule has 0 radical (unpaired) electrons. The lowest BCUT2D eigenvalue weighted by atomic mass is 9.97. The third-order valence-electron chi connectivity index (χ3n) is 6.06. The van der Waals surface area contributed by atoms with E-state index >= 15 is 0 Å². The average molecular weight is 485 g/mol. The van der Waals surface area contributed by atoms with Crippen molar-refractivity contribution in [2.75, 3.05) is 0 Å². The highest BCUT2D eigenvalue weighted by molar-refractivity contribution is 5.90. The average Bonchev–Trinajstić information content (AvgIpc) is 3.55. The molecule has 5 rings (SSSR count). The minimum Gasteiger partial charge on any atom is -0.345 e. The minimum atomic E-state index is -0.373. The molecule has 0 aliphatic rings. The highest BCUT2D eigenvalue weighted by Gasteiger charge is 2.24. The molecule has 0 spiro atoms. The van der Waals surface area contributed by atoms with E-state index in [2.05, 4.69) is 42.8 Å². The van der Waals surface area contributed by atoms with Crippen molar-refractivity contribution < 1.29 is 9.32 Å². The maximum absolute atomic E-state index is 12.5. The number of carbonyl (C=O) groups excluding carboxylic acids is 1. The molecule has 184 valence electrons. The van der Waals surface area contributed by atoms with Gasteiger partial charge in [0.2, 0.25) is 5.89 Å². The quantitative estimate of drug-likeness (QED) is 0.400. The van der Waals surface area contributed by atoms with Crippen molar-refractivity contribution in [3.05, 3.63) is 71.5 Å². The van der Waals surface area contributed by atoms with Gasteiger partial charge in [0.15, 0.2) is 0 Å². The maximum Gasteiger partial charge on any atom is 0.292 e. The molecule has 0 aliphatic heterocycles. The van der Waals surface area contributed by atoms with E-state index < -0.39 is 0 Å². The summed E-state index contributed by atoms with van der Waals surface area (Å²) < 4.78 is 8.87. The number of carbonyl (C=O) groups is 1. The van der Waals surface area contributed by atoms with Gasteiger partial charge in [0.25, 0.3) is 11.7 Å². The Morgan fingerprint density at radius 1 is 1.11 bits per heavy atom. The second-order valence-electron chi connectivity index (χ2n) is 9.97. The van der Waals surface area contributed by atoms with Crippen LogP contribution in [-0.4, -0.2) is 40.4 Å².